The highest BCUT2D eigenvalue weighted by Gasteiger charge is 2.47. The van der Waals surface area contributed by atoms with E-state index < -0.39 is 12.0 Å². The summed E-state index contributed by atoms with van der Waals surface area (Å²) in [7, 11) is 1.91. The minimum absolute atomic E-state index is 0.0847. The first kappa shape index (κ1) is 18.6. The van der Waals surface area contributed by atoms with Crippen LogP contribution in [0.5, 0.6) is 5.75 Å². The predicted molar refractivity (Wildman–Crippen MR) is 104 cm³/mol. The molecule has 7 heteroatoms. The molecule has 0 aliphatic carbocycles. The van der Waals surface area contributed by atoms with Crippen molar-refractivity contribution in [2.24, 2.45) is 0 Å². The van der Waals surface area contributed by atoms with Crippen molar-refractivity contribution >= 4 is 22.7 Å². The van der Waals surface area contributed by atoms with Crippen molar-refractivity contribution in [1.29, 1.82) is 0 Å². The van der Waals surface area contributed by atoms with E-state index in [9.17, 15) is 8.78 Å². The fourth-order valence-corrected chi connectivity index (χ4v) is 4.86. The second kappa shape index (κ2) is 7.02. The Bertz CT molecular complexity index is 880. The maximum Gasteiger partial charge on any atom is 0.270 e. The fraction of sp³-hybridized carbons (Fsp3) is 0.500. The average molecular weight is 394 g/mol. The number of thioether (sulfide) groups is 1. The topological polar surface area (TPSA) is 28.9 Å². The van der Waals surface area contributed by atoms with Crippen LogP contribution >= 0.6 is 11.8 Å². The summed E-state index contributed by atoms with van der Waals surface area (Å²) in [5, 5.41) is 1.00. The molecule has 0 bridgehead atoms. The van der Waals surface area contributed by atoms with Gasteiger partial charge in [0.25, 0.3) is 5.92 Å². The monoisotopic (exact) mass is 394 g/mol. The number of fused-ring (bicyclic) bond motifs is 1. The van der Waals surface area contributed by atoms with Gasteiger partial charge < -0.3 is 19.0 Å². The standard InChI is InChI=1S/C20H24F2N2O2S/c1-13-8-15-9-16(4-5-17(15)26-13)25-11-18-14(2)24(12-27-18)19-10-23(3)7-6-20(19,21)22/h4-5,8-9,19H,6-7,10-12H2,1-3H3. The fourth-order valence-electron chi connectivity index (χ4n) is 3.72. The summed E-state index contributed by atoms with van der Waals surface area (Å²) in [6.45, 7) is 5.06. The number of rotatable bonds is 4. The molecular weight excluding hydrogens is 370 g/mol. The first-order chi connectivity index (χ1) is 12.8. The summed E-state index contributed by atoms with van der Waals surface area (Å²) in [5.41, 5.74) is 1.74. The molecule has 1 aromatic carbocycles. The molecule has 2 aliphatic rings. The molecule has 4 nitrogen and oxygen atoms in total. The van der Waals surface area contributed by atoms with E-state index in [4.69, 9.17) is 9.15 Å². The number of piperidine rings is 1. The number of likely N-dealkylation sites (tertiary alicyclic amines) is 1. The number of nitrogens with zero attached hydrogens (tertiary/aromatic N) is 2. The van der Waals surface area contributed by atoms with Gasteiger partial charge in [0, 0.05) is 35.5 Å². The van der Waals surface area contributed by atoms with Crippen LogP contribution in [0.4, 0.5) is 8.78 Å². The van der Waals surface area contributed by atoms with Crippen molar-refractivity contribution in [2.45, 2.75) is 32.2 Å². The molecule has 2 aromatic rings. The van der Waals surface area contributed by atoms with E-state index in [1.807, 2.05) is 55.0 Å². The summed E-state index contributed by atoms with van der Waals surface area (Å²) in [6, 6.07) is 6.92. The van der Waals surface area contributed by atoms with Gasteiger partial charge in [0.15, 0.2) is 0 Å². The number of furan rings is 1. The van der Waals surface area contributed by atoms with Crippen LogP contribution < -0.4 is 4.74 Å². The third-order valence-electron chi connectivity index (χ3n) is 5.37. The van der Waals surface area contributed by atoms with E-state index in [2.05, 4.69) is 0 Å². The van der Waals surface area contributed by atoms with Crippen LogP contribution in [-0.2, 0) is 0 Å². The molecule has 3 heterocycles. The first-order valence-electron chi connectivity index (χ1n) is 9.12. The smallest absolute Gasteiger partial charge is 0.270 e. The lowest BCUT2D eigenvalue weighted by molar-refractivity contribution is -0.108. The second-order valence-electron chi connectivity index (χ2n) is 7.39. The van der Waals surface area contributed by atoms with Gasteiger partial charge in [-0.1, -0.05) is 0 Å². The molecule has 146 valence electrons. The van der Waals surface area contributed by atoms with Gasteiger partial charge in [-0.05, 0) is 45.2 Å². The van der Waals surface area contributed by atoms with Crippen molar-refractivity contribution in [3.05, 3.63) is 40.6 Å². The van der Waals surface area contributed by atoms with Gasteiger partial charge in [0.2, 0.25) is 0 Å². The van der Waals surface area contributed by atoms with Gasteiger partial charge in [-0.15, -0.1) is 11.8 Å². The quantitative estimate of drug-likeness (QED) is 0.750. The number of likely N-dealkylation sites (N-methyl/N-ethyl adjacent to an activating group) is 1. The molecule has 1 unspecified atom stereocenters. The highest BCUT2D eigenvalue weighted by Crippen LogP contribution is 2.40. The largest absolute Gasteiger partial charge is 0.488 e. The molecule has 2 aliphatic heterocycles. The third-order valence-corrected chi connectivity index (χ3v) is 6.54. The highest BCUT2D eigenvalue weighted by atomic mass is 32.2. The molecule has 0 N–H and O–H groups in total. The molecule has 1 saturated heterocycles. The minimum Gasteiger partial charge on any atom is -0.488 e. The van der Waals surface area contributed by atoms with E-state index in [0.717, 1.165) is 33.1 Å². The number of alkyl halides is 2. The van der Waals surface area contributed by atoms with Gasteiger partial charge >= 0.3 is 0 Å². The molecule has 1 fully saturated rings. The Morgan fingerprint density at radius 1 is 1.30 bits per heavy atom. The number of halogens is 2. The molecule has 0 radical (unpaired) electrons. The molecule has 1 atom stereocenters. The number of benzene rings is 1. The van der Waals surface area contributed by atoms with Crippen molar-refractivity contribution in [3.63, 3.8) is 0 Å². The van der Waals surface area contributed by atoms with Gasteiger partial charge in [-0.2, -0.15) is 0 Å². The van der Waals surface area contributed by atoms with E-state index in [1.54, 1.807) is 11.8 Å². The Hall–Kier alpha value is -1.73. The van der Waals surface area contributed by atoms with Crippen molar-refractivity contribution in [3.8, 4) is 5.75 Å². The van der Waals surface area contributed by atoms with E-state index in [-0.39, 0.29) is 6.42 Å². The molecule has 0 spiro atoms. The number of ether oxygens (including phenoxy) is 1. The lowest BCUT2D eigenvalue weighted by atomic mass is 9.99. The number of hydrogen-bond donors (Lipinski definition) is 0. The lowest BCUT2D eigenvalue weighted by Crippen LogP contribution is -2.56. The minimum atomic E-state index is -2.66. The predicted octanol–water partition coefficient (Wildman–Crippen LogP) is 4.70. The van der Waals surface area contributed by atoms with Gasteiger partial charge in [0.05, 0.1) is 5.88 Å². The molecule has 0 saturated carbocycles. The summed E-state index contributed by atoms with van der Waals surface area (Å²) in [4.78, 5) is 4.85. The summed E-state index contributed by atoms with van der Waals surface area (Å²) in [6.07, 6.45) is -0.0847. The Morgan fingerprint density at radius 3 is 2.93 bits per heavy atom. The normalized spacial score (nSPS) is 23.4. The Kier molecular flexibility index (Phi) is 4.84. The Balaban J connectivity index is 1.47. The maximum absolute atomic E-state index is 14.5. The maximum atomic E-state index is 14.5. The van der Waals surface area contributed by atoms with Gasteiger partial charge in [-0.25, -0.2) is 8.78 Å². The van der Waals surface area contributed by atoms with Crippen LogP contribution in [0, 0.1) is 6.92 Å². The zero-order valence-corrected chi connectivity index (χ0v) is 16.6. The highest BCUT2D eigenvalue weighted by molar-refractivity contribution is 8.03. The second-order valence-corrected chi connectivity index (χ2v) is 8.43. The number of hydrogen-bond acceptors (Lipinski definition) is 5. The Morgan fingerprint density at radius 2 is 2.11 bits per heavy atom. The van der Waals surface area contributed by atoms with Crippen molar-refractivity contribution in [2.75, 3.05) is 32.6 Å². The SMILES string of the molecule is CC1=C(COc2ccc3oc(C)cc3c2)SCN1C1CN(C)CCC1(F)F. The van der Waals surface area contributed by atoms with Crippen LogP contribution in [0.15, 0.2) is 39.3 Å². The molecular formula is C20H24F2N2O2S. The molecule has 27 heavy (non-hydrogen) atoms. The lowest BCUT2D eigenvalue weighted by Gasteiger charge is -2.42. The van der Waals surface area contributed by atoms with E-state index >= 15 is 0 Å². The summed E-state index contributed by atoms with van der Waals surface area (Å²) >= 11 is 1.59. The number of allylic oxidation sites excluding steroid dienone is 1. The molecule has 1 aromatic heterocycles. The first-order valence-corrected chi connectivity index (χ1v) is 10.1. The van der Waals surface area contributed by atoms with E-state index in [0.29, 0.717) is 25.6 Å². The van der Waals surface area contributed by atoms with E-state index in [1.165, 1.54) is 0 Å². The zero-order chi connectivity index (χ0) is 19.2. The van der Waals surface area contributed by atoms with Crippen molar-refractivity contribution in [1.82, 2.24) is 9.80 Å². The van der Waals surface area contributed by atoms with Crippen molar-refractivity contribution < 1.29 is 17.9 Å². The van der Waals surface area contributed by atoms with Gasteiger partial charge in [0.1, 0.15) is 29.7 Å². The molecule has 0 amide bonds. The van der Waals surface area contributed by atoms with Crippen LogP contribution in [-0.4, -0.2) is 54.4 Å². The summed E-state index contributed by atoms with van der Waals surface area (Å²) < 4.78 is 40.4. The Labute approximate surface area is 162 Å². The van der Waals surface area contributed by atoms with Gasteiger partial charge in [-0.3, -0.25) is 0 Å². The van der Waals surface area contributed by atoms with Crippen LogP contribution in [0.25, 0.3) is 11.0 Å². The third kappa shape index (κ3) is 3.67. The molecule has 4 rings (SSSR count). The van der Waals surface area contributed by atoms with Crippen LogP contribution in [0.2, 0.25) is 0 Å². The van der Waals surface area contributed by atoms with Crippen LogP contribution in [0.3, 0.4) is 0 Å². The average Bonchev–Trinajstić information content (AvgIpc) is 3.16. The van der Waals surface area contributed by atoms with Crippen LogP contribution in [0.1, 0.15) is 19.1 Å². The summed E-state index contributed by atoms with van der Waals surface area (Å²) in [5.74, 6) is -0.487. The zero-order valence-electron chi connectivity index (χ0n) is 15.8. The number of aryl methyl sites for hydroxylation is 1.